The van der Waals surface area contributed by atoms with Gasteiger partial charge < -0.3 is 5.11 Å². The van der Waals surface area contributed by atoms with Crippen molar-refractivity contribution in [3.63, 3.8) is 0 Å². The molecule has 116 valence electrons. The van der Waals surface area contributed by atoms with Gasteiger partial charge in [0.2, 0.25) is 0 Å². The Morgan fingerprint density at radius 1 is 1.38 bits per heavy atom. The summed E-state index contributed by atoms with van der Waals surface area (Å²) in [5.41, 5.74) is -1.76. The summed E-state index contributed by atoms with van der Waals surface area (Å²) in [6.45, 7) is 1.43. The summed E-state index contributed by atoms with van der Waals surface area (Å²) < 4.78 is 40.5. The smallest absolute Gasteiger partial charge is 0.406 e. The van der Waals surface area contributed by atoms with E-state index in [2.05, 4.69) is 22.6 Å². The second kappa shape index (κ2) is 5.75. The third-order valence-electron chi connectivity index (χ3n) is 4.15. The quantitative estimate of drug-likeness (QED) is 0.769. The van der Waals surface area contributed by atoms with Crippen LogP contribution in [-0.2, 0) is 4.79 Å². The van der Waals surface area contributed by atoms with Crippen molar-refractivity contribution in [2.75, 3.05) is 13.1 Å². The van der Waals surface area contributed by atoms with Crippen molar-refractivity contribution >= 4 is 28.6 Å². The molecule has 0 bridgehead atoms. The fourth-order valence-corrected chi connectivity index (χ4v) is 3.01. The van der Waals surface area contributed by atoms with Gasteiger partial charge >= 0.3 is 12.1 Å². The second-order valence-electron chi connectivity index (χ2n) is 5.33. The molecule has 0 aliphatic carbocycles. The van der Waals surface area contributed by atoms with Crippen LogP contribution in [-0.4, -0.2) is 35.2 Å². The van der Waals surface area contributed by atoms with Crippen molar-refractivity contribution in [3.05, 3.63) is 33.4 Å². The van der Waals surface area contributed by atoms with Crippen LogP contribution >= 0.6 is 22.6 Å². The molecule has 2 unspecified atom stereocenters. The lowest BCUT2D eigenvalue weighted by Gasteiger charge is -2.29. The number of hydrogen-bond donors (Lipinski definition) is 1. The lowest BCUT2D eigenvalue weighted by atomic mass is 9.86. The molecule has 2 atom stereocenters. The van der Waals surface area contributed by atoms with Gasteiger partial charge in [-0.25, -0.2) is 0 Å². The number of hydrogen-bond acceptors (Lipinski definition) is 2. The molecule has 0 spiro atoms. The number of aliphatic carboxylic acids is 1. The van der Waals surface area contributed by atoms with Crippen LogP contribution in [0.2, 0.25) is 0 Å². The van der Waals surface area contributed by atoms with Crippen LogP contribution in [0.25, 0.3) is 0 Å². The Labute approximate surface area is 134 Å². The largest absolute Gasteiger partial charge is 0.481 e. The van der Waals surface area contributed by atoms with E-state index in [9.17, 15) is 18.0 Å². The normalized spacial score (nSPS) is 25.0. The maximum absolute atomic E-state index is 13.2. The van der Waals surface area contributed by atoms with Gasteiger partial charge in [-0.05, 0) is 53.6 Å². The lowest BCUT2D eigenvalue weighted by molar-refractivity contribution is -0.227. The predicted molar refractivity (Wildman–Crippen MR) is 79.9 cm³/mol. The van der Waals surface area contributed by atoms with Crippen molar-refractivity contribution in [2.24, 2.45) is 5.41 Å². The number of carboxylic acid groups (broad SMARTS) is 1. The topological polar surface area (TPSA) is 40.5 Å². The maximum atomic E-state index is 13.2. The van der Waals surface area contributed by atoms with Gasteiger partial charge in [0.1, 0.15) is 0 Å². The number of rotatable bonds is 3. The molecule has 1 aliphatic heterocycles. The van der Waals surface area contributed by atoms with E-state index in [4.69, 9.17) is 5.11 Å². The van der Waals surface area contributed by atoms with Crippen molar-refractivity contribution in [2.45, 2.75) is 25.6 Å². The first-order chi connectivity index (χ1) is 9.67. The SMILES string of the molecule is CC(c1ccc(I)cc1)N1CCC(C(=O)O)(C(F)(F)F)C1. The zero-order chi connectivity index (χ0) is 15.8. The molecule has 1 aromatic rings. The third kappa shape index (κ3) is 3.03. The number of alkyl halides is 3. The van der Waals surface area contributed by atoms with Crippen LogP contribution in [0.1, 0.15) is 24.9 Å². The second-order valence-corrected chi connectivity index (χ2v) is 6.58. The minimum atomic E-state index is -4.74. The molecule has 7 heteroatoms. The van der Waals surface area contributed by atoms with E-state index < -0.39 is 30.5 Å². The Morgan fingerprint density at radius 2 is 1.95 bits per heavy atom. The molecule has 1 aliphatic rings. The highest BCUT2D eigenvalue weighted by molar-refractivity contribution is 14.1. The molecule has 0 aromatic heterocycles. The number of carboxylic acids is 1. The monoisotopic (exact) mass is 413 g/mol. The third-order valence-corrected chi connectivity index (χ3v) is 4.87. The minimum Gasteiger partial charge on any atom is -0.481 e. The molecule has 3 nitrogen and oxygen atoms in total. The highest BCUT2D eigenvalue weighted by Gasteiger charge is 2.63. The predicted octanol–water partition coefficient (Wildman–Crippen LogP) is 3.69. The van der Waals surface area contributed by atoms with Gasteiger partial charge in [0.25, 0.3) is 0 Å². The Balaban J connectivity index is 2.21. The van der Waals surface area contributed by atoms with Gasteiger partial charge in [0, 0.05) is 22.7 Å². The summed E-state index contributed by atoms with van der Waals surface area (Å²) in [6, 6.07) is 7.25. The summed E-state index contributed by atoms with van der Waals surface area (Å²) in [4.78, 5) is 12.8. The minimum absolute atomic E-state index is 0.124. The van der Waals surface area contributed by atoms with Crippen LogP contribution in [0.15, 0.2) is 24.3 Å². The van der Waals surface area contributed by atoms with Crippen molar-refractivity contribution in [1.29, 1.82) is 0 Å². The van der Waals surface area contributed by atoms with Crippen LogP contribution in [0, 0.1) is 8.99 Å². The van der Waals surface area contributed by atoms with Gasteiger partial charge in [-0.1, -0.05) is 12.1 Å². The first kappa shape index (κ1) is 16.5. The van der Waals surface area contributed by atoms with Crippen LogP contribution in [0.3, 0.4) is 0 Å². The average molecular weight is 413 g/mol. The van der Waals surface area contributed by atoms with Crippen molar-refractivity contribution in [3.8, 4) is 0 Å². The van der Waals surface area contributed by atoms with E-state index in [0.717, 1.165) is 9.13 Å². The lowest BCUT2D eigenvalue weighted by Crippen LogP contribution is -2.47. The molecule has 1 fully saturated rings. The Morgan fingerprint density at radius 3 is 2.38 bits per heavy atom. The molecule has 2 rings (SSSR count). The molecule has 1 aromatic carbocycles. The Bertz CT molecular complexity index is 532. The summed E-state index contributed by atoms with van der Waals surface area (Å²) >= 11 is 2.15. The van der Waals surface area contributed by atoms with Crippen molar-refractivity contribution < 1.29 is 23.1 Å². The van der Waals surface area contributed by atoms with E-state index >= 15 is 0 Å². The molecule has 0 radical (unpaired) electrons. The first-order valence-electron chi connectivity index (χ1n) is 6.47. The summed E-state index contributed by atoms with van der Waals surface area (Å²) in [6.07, 6.45) is -5.14. The van der Waals surface area contributed by atoms with Crippen LogP contribution < -0.4 is 0 Å². The van der Waals surface area contributed by atoms with Gasteiger partial charge in [0.05, 0.1) is 0 Å². The molecule has 0 saturated carbocycles. The molecular weight excluding hydrogens is 398 g/mol. The molecular formula is C14H15F3INO2. The fraction of sp³-hybridized carbons (Fsp3) is 0.500. The maximum Gasteiger partial charge on any atom is 0.406 e. The Hall–Kier alpha value is -0.830. The number of benzene rings is 1. The number of halogens is 4. The zero-order valence-corrected chi connectivity index (χ0v) is 13.5. The zero-order valence-electron chi connectivity index (χ0n) is 11.3. The molecule has 1 heterocycles. The van der Waals surface area contributed by atoms with Crippen molar-refractivity contribution in [1.82, 2.24) is 4.90 Å². The summed E-state index contributed by atoms with van der Waals surface area (Å²) in [5.74, 6) is -1.78. The summed E-state index contributed by atoms with van der Waals surface area (Å²) in [7, 11) is 0. The molecule has 21 heavy (non-hydrogen) atoms. The van der Waals surface area contributed by atoms with E-state index in [1.54, 1.807) is 11.8 Å². The molecule has 0 amide bonds. The molecule has 1 N–H and O–H groups in total. The van der Waals surface area contributed by atoms with Gasteiger partial charge in [-0.2, -0.15) is 13.2 Å². The fourth-order valence-electron chi connectivity index (χ4n) is 2.65. The van der Waals surface area contributed by atoms with E-state index in [0.29, 0.717) is 0 Å². The van der Waals surface area contributed by atoms with Crippen LogP contribution in [0.4, 0.5) is 13.2 Å². The number of carbonyl (C=O) groups is 1. The van der Waals surface area contributed by atoms with E-state index in [1.165, 1.54) is 0 Å². The highest BCUT2D eigenvalue weighted by atomic mass is 127. The first-order valence-corrected chi connectivity index (χ1v) is 7.55. The van der Waals surface area contributed by atoms with Crippen LogP contribution in [0.5, 0.6) is 0 Å². The highest BCUT2D eigenvalue weighted by Crippen LogP contribution is 2.47. The van der Waals surface area contributed by atoms with Gasteiger partial charge in [-0.15, -0.1) is 0 Å². The number of nitrogens with zero attached hydrogens (tertiary/aromatic N) is 1. The van der Waals surface area contributed by atoms with E-state index in [-0.39, 0.29) is 12.6 Å². The number of likely N-dealkylation sites (tertiary alicyclic amines) is 1. The van der Waals surface area contributed by atoms with E-state index in [1.807, 2.05) is 24.3 Å². The average Bonchev–Trinajstić information content (AvgIpc) is 2.84. The molecule has 1 saturated heterocycles. The summed E-state index contributed by atoms with van der Waals surface area (Å²) in [5, 5.41) is 9.06. The Kier molecular flexibility index (Phi) is 4.53. The van der Waals surface area contributed by atoms with Gasteiger partial charge in [-0.3, -0.25) is 9.69 Å². The standard InChI is InChI=1S/C14H15F3INO2/c1-9(10-2-4-11(18)5-3-10)19-7-6-13(8-19,12(20)21)14(15,16)17/h2-5,9H,6-8H2,1H3,(H,20,21). The van der Waals surface area contributed by atoms with Gasteiger partial charge in [0.15, 0.2) is 5.41 Å².